The quantitative estimate of drug-likeness (QED) is 0.416. The second-order valence-corrected chi connectivity index (χ2v) is 8.40. The van der Waals surface area contributed by atoms with Crippen molar-refractivity contribution in [1.82, 2.24) is 35.1 Å². The summed E-state index contributed by atoms with van der Waals surface area (Å²) in [6, 6.07) is 9.43. The lowest BCUT2D eigenvalue weighted by molar-refractivity contribution is 0.116. The standard InChI is InChI=1S/C23H22F3N7O/c1-32-7-5-14(6-8-32)15-3-2-4-16(9-15)19-12-33(31-28-19)13-20-18(24)10-17(11-27-20)22-29-30-23(34-22)21(25)26/h2-4,9-12,14,21H,5-8,13H2,1H3. The number of benzene rings is 1. The van der Waals surface area contributed by atoms with E-state index in [9.17, 15) is 13.2 Å². The third-order valence-corrected chi connectivity index (χ3v) is 6.01. The van der Waals surface area contributed by atoms with Gasteiger partial charge in [-0.25, -0.2) is 9.07 Å². The van der Waals surface area contributed by atoms with Crippen molar-refractivity contribution >= 4 is 0 Å². The number of halogens is 3. The van der Waals surface area contributed by atoms with Crippen LogP contribution in [0.25, 0.3) is 22.7 Å². The predicted octanol–water partition coefficient (Wildman–Crippen LogP) is 4.32. The van der Waals surface area contributed by atoms with Crippen molar-refractivity contribution in [2.24, 2.45) is 0 Å². The molecule has 34 heavy (non-hydrogen) atoms. The molecule has 176 valence electrons. The topological polar surface area (TPSA) is 85.8 Å². The summed E-state index contributed by atoms with van der Waals surface area (Å²) >= 11 is 0. The van der Waals surface area contributed by atoms with Crippen molar-refractivity contribution in [3.8, 4) is 22.7 Å². The number of nitrogens with zero attached hydrogens (tertiary/aromatic N) is 7. The Morgan fingerprint density at radius 2 is 1.91 bits per heavy atom. The molecule has 4 heterocycles. The van der Waals surface area contributed by atoms with Crippen LogP contribution in [-0.4, -0.2) is 55.2 Å². The first-order valence-corrected chi connectivity index (χ1v) is 10.9. The average molecular weight is 469 g/mol. The van der Waals surface area contributed by atoms with E-state index in [4.69, 9.17) is 4.42 Å². The number of pyridine rings is 1. The summed E-state index contributed by atoms with van der Waals surface area (Å²) in [6.45, 7) is 2.23. The van der Waals surface area contributed by atoms with Gasteiger partial charge in [0.1, 0.15) is 11.5 Å². The molecule has 1 aromatic carbocycles. The largest absolute Gasteiger partial charge is 0.415 e. The summed E-state index contributed by atoms with van der Waals surface area (Å²) in [4.78, 5) is 6.43. The molecule has 0 radical (unpaired) electrons. The van der Waals surface area contributed by atoms with Crippen LogP contribution < -0.4 is 0 Å². The van der Waals surface area contributed by atoms with Crippen molar-refractivity contribution in [1.29, 1.82) is 0 Å². The zero-order chi connectivity index (χ0) is 23.7. The Labute approximate surface area is 193 Å². The first-order chi connectivity index (χ1) is 16.5. The van der Waals surface area contributed by atoms with E-state index in [2.05, 4.69) is 49.6 Å². The maximum atomic E-state index is 14.6. The molecular weight excluding hydrogens is 447 g/mol. The fourth-order valence-electron chi connectivity index (χ4n) is 4.09. The van der Waals surface area contributed by atoms with Crippen LogP contribution in [0.3, 0.4) is 0 Å². The van der Waals surface area contributed by atoms with Crippen LogP contribution in [0.1, 0.15) is 42.3 Å². The van der Waals surface area contributed by atoms with E-state index in [1.54, 1.807) is 6.20 Å². The first-order valence-electron chi connectivity index (χ1n) is 10.9. The van der Waals surface area contributed by atoms with Crippen LogP contribution in [0.5, 0.6) is 0 Å². The highest BCUT2D eigenvalue weighted by Crippen LogP contribution is 2.30. The molecule has 3 aromatic heterocycles. The molecule has 11 heteroatoms. The fraction of sp³-hybridized carbons (Fsp3) is 0.348. The Kier molecular flexibility index (Phi) is 6.10. The zero-order valence-electron chi connectivity index (χ0n) is 18.4. The molecule has 0 spiro atoms. The van der Waals surface area contributed by atoms with E-state index < -0.39 is 18.1 Å². The summed E-state index contributed by atoms with van der Waals surface area (Å²) < 4.78 is 46.3. The molecule has 1 aliphatic heterocycles. The second kappa shape index (κ2) is 9.34. The van der Waals surface area contributed by atoms with Gasteiger partial charge in [0.05, 0.1) is 24.0 Å². The predicted molar refractivity (Wildman–Crippen MR) is 116 cm³/mol. The van der Waals surface area contributed by atoms with Gasteiger partial charge in [0.2, 0.25) is 5.89 Å². The highest BCUT2D eigenvalue weighted by atomic mass is 19.3. The van der Waals surface area contributed by atoms with Gasteiger partial charge in [-0.1, -0.05) is 23.4 Å². The SMILES string of the molecule is CN1CCC(c2cccc(-c3cn(Cc4ncc(-c5nnc(C(F)F)o5)cc4F)nn3)c2)CC1. The van der Waals surface area contributed by atoms with Crippen molar-refractivity contribution in [2.45, 2.75) is 31.7 Å². The third kappa shape index (κ3) is 4.69. The van der Waals surface area contributed by atoms with E-state index in [0.29, 0.717) is 11.6 Å². The number of rotatable bonds is 6. The zero-order valence-corrected chi connectivity index (χ0v) is 18.4. The normalized spacial score (nSPS) is 15.3. The molecule has 5 rings (SSSR count). The molecule has 0 saturated carbocycles. The minimum Gasteiger partial charge on any atom is -0.415 e. The summed E-state index contributed by atoms with van der Waals surface area (Å²) in [7, 11) is 2.14. The van der Waals surface area contributed by atoms with Crippen molar-refractivity contribution in [3.05, 3.63) is 65.7 Å². The summed E-state index contributed by atoms with van der Waals surface area (Å²) in [5, 5.41) is 15.1. The Morgan fingerprint density at radius 1 is 1.09 bits per heavy atom. The van der Waals surface area contributed by atoms with E-state index in [-0.39, 0.29) is 23.7 Å². The lowest BCUT2D eigenvalue weighted by Gasteiger charge is -2.29. The Morgan fingerprint density at radius 3 is 2.65 bits per heavy atom. The number of likely N-dealkylation sites (tertiary alicyclic amines) is 1. The minimum atomic E-state index is -2.90. The Hall–Kier alpha value is -3.60. The van der Waals surface area contributed by atoms with Gasteiger partial charge < -0.3 is 9.32 Å². The highest BCUT2D eigenvalue weighted by Gasteiger charge is 2.20. The fourth-order valence-corrected chi connectivity index (χ4v) is 4.09. The van der Waals surface area contributed by atoms with Gasteiger partial charge in [0, 0.05) is 11.8 Å². The van der Waals surface area contributed by atoms with Crippen LogP contribution in [0.15, 0.2) is 47.1 Å². The maximum absolute atomic E-state index is 14.6. The number of alkyl halides is 2. The Bertz CT molecular complexity index is 1280. The van der Waals surface area contributed by atoms with Crippen molar-refractivity contribution in [3.63, 3.8) is 0 Å². The van der Waals surface area contributed by atoms with E-state index in [1.807, 2.05) is 12.1 Å². The van der Waals surface area contributed by atoms with Crippen LogP contribution in [0, 0.1) is 5.82 Å². The van der Waals surface area contributed by atoms with Gasteiger partial charge in [-0.3, -0.25) is 4.98 Å². The molecule has 0 amide bonds. The van der Waals surface area contributed by atoms with Gasteiger partial charge in [-0.05, 0) is 56.6 Å². The number of hydrogen-bond acceptors (Lipinski definition) is 7. The van der Waals surface area contributed by atoms with Crippen molar-refractivity contribution < 1.29 is 17.6 Å². The molecule has 0 aliphatic carbocycles. The average Bonchev–Trinajstić information content (AvgIpc) is 3.51. The van der Waals surface area contributed by atoms with E-state index in [1.165, 1.54) is 16.4 Å². The molecule has 0 unspecified atom stereocenters. The van der Waals surface area contributed by atoms with Gasteiger partial charge in [-0.2, -0.15) is 8.78 Å². The molecule has 1 saturated heterocycles. The van der Waals surface area contributed by atoms with Crippen LogP contribution >= 0.6 is 0 Å². The van der Waals surface area contributed by atoms with Crippen LogP contribution in [0.2, 0.25) is 0 Å². The molecular formula is C23H22F3N7O. The third-order valence-electron chi connectivity index (χ3n) is 6.01. The molecule has 0 N–H and O–H groups in total. The van der Waals surface area contributed by atoms with Gasteiger partial charge in [0.25, 0.3) is 5.89 Å². The summed E-state index contributed by atoms with van der Waals surface area (Å²) in [6.07, 6.45) is 2.39. The van der Waals surface area contributed by atoms with Gasteiger partial charge in [0.15, 0.2) is 0 Å². The lowest BCUT2D eigenvalue weighted by atomic mass is 9.88. The molecule has 8 nitrogen and oxygen atoms in total. The van der Waals surface area contributed by atoms with Gasteiger partial charge in [-0.15, -0.1) is 15.3 Å². The number of hydrogen-bond donors (Lipinski definition) is 0. The molecule has 1 aliphatic rings. The lowest BCUT2D eigenvalue weighted by Crippen LogP contribution is -2.29. The second-order valence-electron chi connectivity index (χ2n) is 8.40. The Balaban J connectivity index is 1.30. The van der Waals surface area contributed by atoms with Crippen LogP contribution in [0.4, 0.5) is 13.2 Å². The monoisotopic (exact) mass is 469 g/mol. The summed E-state index contributed by atoms with van der Waals surface area (Å²) in [5.41, 5.74) is 3.17. The first kappa shape index (κ1) is 22.2. The van der Waals surface area contributed by atoms with Crippen LogP contribution in [-0.2, 0) is 6.54 Å². The molecule has 0 bridgehead atoms. The summed E-state index contributed by atoms with van der Waals surface area (Å²) in [5.74, 6) is -1.16. The van der Waals surface area contributed by atoms with Gasteiger partial charge >= 0.3 is 6.43 Å². The number of aromatic nitrogens is 6. The van der Waals surface area contributed by atoms with E-state index in [0.717, 1.165) is 37.6 Å². The number of piperidine rings is 1. The van der Waals surface area contributed by atoms with Crippen molar-refractivity contribution in [2.75, 3.05) is 20.1 Å². The van der Waals surface area contributed by atoms with E-state index >= 15 is 0 Å². The highest BCUT2D eigenvalue weighted by molar-refractivity contribution is 5.59. The minimum absolute atomic E-state index is 0.0554. The smallest absolute Gasteiger partial charge is 0.314 e. The maximum Gasteiger partial charge on any atom is 0.314 e. The molecule has 4 aromatic rings. The molecule has 1 fully saturated rings. The molecule has 0 atom stereocenters.